The molecule has 13 heavy (non-hydrogen) atoms. The standard InChI is InChI=1S/C10H9N3/c1-7-3-9-6-12-13(2)10(9)4-8(7)5-11/h3-4,6H,1-2H3. The van der Waals surface area contributed by atoms with Gasteiger partial charge in [-0.15, -0.1) is 0 Å². The van der Waals surface area contributed by atoms with Gasteiger partial charge in [0.2, 0.25) is 0 Å². The maximum atomic E-state index is 8.83. The molecule has 2 aromatic rings. The Morgan fingerprint density at radius 2 is 2.23 bits per heavy atom. The molecule has 0 aliphatic rings. The first-order valence-electron chi connectivity index (χ1n) is 4.05. The van der Waals surface area contributed by atoms with Gasteiger partial charge in [-0.2, -0.15) is 10.4 Å². The molecule has 0 saturated heterocycles. The number of nitriles is 1. The zero-order valence-corrected chi connectivity index (χ0v) is 7.57. The second kappa shape index (κ2) is 2.60. The minimum Gasteiger partial charge on any atom is -0.268 e. The van der Waals surface area contributed by atoms with Crippen LogP contribution in [0.15, 0.2) is 18.3 Å². The first kappa shape index (κ1) is 7.81. The van der Waals surface area contributed by atoms with Crippen LogP contribution in [0.4, 0.5) is 0 Å². The first-order chi connectivity index (χ1) is 6.22. The number of benzene rings is 1. The van der Waals surface area contributed by atoms with Crippen molar-refractivity contribution in [3.63, 3.8) is 0 Å². The van der Waals surface area contributed by atoms with Crippen molar-refractivity contribution < 1.29 is 0 Å². The third kappa shape index (κ3) is 1.07. The molecule has 2 rings (SSSR count). The molecule has 0 bridgehead atoms. The molecule has 0 radical (unpaired) electrons. The molecule has 0 saturated carbocycles. The predicted molar refractivity (Wildman–Crippen MR) is 50.2 cm³/mol. The van der Waals surface area contributed by atoms with Crippen LogP contribution in [-0.2, 0) is 7.05 Å². The molecule has 64 valence electrons. The van der Waals surface area contributed by atoms with Crippen LogP contribution in [-0.4, -0.2) is 9.78 Å². The molecule has 0 aliphatic heterocycles. The van der Waals surface area contributed by atoms with Gasteiger partial charge in [0.15, 0.2) is 0 Å². The third-order valence-electron chi connectivity index (χ3n) is 2.21. The average Bonchev–Trinajstić information content (AvgIpc) is 2.46. The Labute approximate surface area is 76.2 Å². The average molecular weight is 171 g/mol. The van der Waals surface area contributed by atoms with E-state index in [4.69, 9.17) is 5.26 Å². The van der Waals surface area contributed by atoms with E-state index in [0.717, 1.165) is 22.0 Å². The van der Waals surface area contributed by atoms with Gasteiger partial charge < -0.3 is 0 Å². The summed E-state index contributed by atoms with van der Waals surface area (Å²) in [6, 6.07) is 6.02. The van der Waals surface area contributed by atoms with E-state index in [0.29, 0.717) is 0 Å². The van der Waals surface area contributed by atoms with Gasteiger partial charge in [-0.05, 0) is 24.6 Å². The molecule has 0 N–H and O–H groups in total. The fourth-order valence-electron chi connectivity index (χ4n) is 1.43. The summed E-state index contributed by atoms with van der Waals surface area (Å²) >= 11 is 0. The molecular weight excluding hydrogens is 162 g/mol. The molecule has 1 aromatic carbocycles. The highest BCUT2D eigenvalue weighted by molar-refractivity contribution is 5.81. The maximum absolute atomic E-state index is 8.83. The van der Waals surface area contributed by atoms with E-state index in [1.165, 1.54) is 0 Å². The van der Waals surface area contributed by atoms with E-state index in [1.807, 2.05) is 32.3 Å². The predicted octanol–water partition coefficient (Wildman–Crippen LogP) is 1.75. The molecule has 0 aliphatic carbocycles. The van der Waals surface area contributed by atoms with Gasteiger partial charge in [-0.1, -0.05) is 0 Å². The van der Waals surface area contributed by atoms with Gasteiger partial charge in [0, 0.05) is 12.4 Å². The third-order valence-corrected chi connectivity index (χ3v) is 2.21. The van der Waals surface area contributed by atoms with Crippen LogP contribution < -0.4 is 0 Å². The Hall–Kier alpha value is -1.82. The summed E-state index contributed by atoms with van der Waals surface area (Å²) in [5.74, 6) is 0. The Kier molecular flexibility index (Phi) is 1.56. The van der Waals surface area contributed by atoms with Crippen molar-refractivity contribution in [1.29, 1.82) is 5.26 Å². The van der Waals surface area contributed by atoms with Gasteiger partial charge in [-0.25, -0.2) is 0 Å². The lowest BCUT2D eigenvalue weighted by molar-refractivity contribution is 0.797. The lowest BCUT2D eigenvalue weighted by Crippen LogP contribution is -1.90. The largest absolute Gasteiger partial charge is 0.268 e. The summed E-state index contributed by atoms with van der Waals surface area (Å²) in [4.78, 5) is 0. The van der Waals surface area contributed by atoms with Crippen LogP contribution in [0.3, 0.4) is 0 Å². The van der Waals surface area contributed by atoms with E-state index >= 15 is 0 Å². The van der Waals surface area contributed by atoms with Crippen molar-refractivity contribution in [3.05, 3.63) is 29.5 Å². The second-order valence-corrected chi connectivity index (χ2v) is 3.11. The van der Waals surface area contributed by atoms with E-state index in [1.54, 1.807) is 4.68 Å². The smallest absolute Gasteiger partial charge is 0.0995 e. The first-order valence-corrected chi connectivity index (χ1v) is 4.05. The zero-order chi connectivity index (χ0) is 9.42. The molecular formula is C10H9N3. The maximum Gasteiger partial charge on any atom is 0.0995 e. The van der Waals surface area contributed by atoms with E-state index in [2.05, 4.69) is 11.2 Å². The van der Waals surface area contributed by atoms with Crippen LogP contribution in [0.2, 0.25) is 0 Å². The summed E-state index contributed by atoms with van der Waals surface area (Å²) in [7, 11) is 1.87. The quantitative estimate of drug-likeness (QED) is 0.606. The van der Waals surface area contributed by atoms with E-state index in [9.17, 15) is 0 Å². The molecule has 3 nitrogen and oxygen atoms in total. The summed E-state index contributed by atoms with van der Waals surface area (Å²) in [6.07, 6.45) is 1.81. The topological polar surface area (TPSA) is 41.6 Å². The van der Waals surface area contributed by atoms with Crippen molar-refractivity contribution in [2.24, 2.45) is 7.05 Å². The van der Waals surface area contributed by atoms with Gasteiger partial charge in [0.25, 0.3) is 0 Å². The minimum absolute atomic E-state index is 0.719. The lowest BCUT2D eigenvalue weighted by Gasteiger charge is -1.98. The van der Waals surface area contributed by atoms with Gasteiger partial charge in [0.05, 0.1) is 23.3 Å². The molecule has 3 heteroatoms. The Bertz CT molecular complexity index is 503. The summed E-state index contributed by atoms with van der Waals surface area (Å²) in [5.41, 5.74) is 2.72. The fourth-order valence-corrected chi connectivity index (χ4v) is 1.43. The Morgan fingerprint density at radius 1 is 1.46 bits per heavy atom. The number of rotatable bonds is 0. The van der Waals surface area contributed by atoms with Gasteiger partial charge in [0.1, 0.15) is 0 Å². The minimum atomic E-state index is 0.719. The van der Waals surface area contributed by atoms with Gasteiger partial charge >= 0.3 is 0 Å². The number of hydrogen-bond donors (Lipinski definition) is 0. The van der Waals surface area contributed by atoms with Crippen LogP contribution >= 0.6 is 0 Å². The highest BCUT2D eigenvalue weighted by atomic mass is 15.2. The number of hydrogen-bond acceptors (Lipinski definition) is 2. The fraction of sp³-hybridized carbons (Fsp3) is 0.200. The molecule has 0 unspecified atom stereocenters. The van der Waals surface area contributed by atoms with Crippen molar-refractivity contribution in [3.8, 4) is 6.07 Å². The Morgan fingerprint density at radius 3 is 2.92 bits per heavy atom. The second-order valence-electron chi connectivity index (χ2n) is 3.11. The van der Waals surface area contributed by atoms with Gasteiger partial charge in [-0.3, -0.25) is 4.68 Å². The number of nitrogens with zero attached hydrogens (tertiary/aromatic N) is 3. The summed E-state index contributed by atoms with van der Waals surface area (Å²) < 4.78 is 1.77. The zero-order valence-electron chi connectivity index (χ0n) is 7.57. The van der Waals surface area contributed by atoms with Crippen molar-refractivity contribution >= 4 is 10.9 Å². The van der Waals surface area contributed by atoms with Crippen LogP contribution in [0.1, 0.15) is 11.1 Å². The van der Waals surface area contributed by atoms with Crippen LogP contribution in [0, 0.1) is 18.3 Å². The molecule has 0 atom stereocenters. The lowest BCUT2D eigenvalue weighted by atomic mass is 10.1. The SMILES string of the molecule is Cc1cc2cnn(C)c2cc1C#N. The highest BCUT2D eigenvalue weighted by Gasteiger charge is 2.03. The number of aromatic nitrogens is 2. The van der Waals surface area contributed by atoms with Crippen molar-refractivity contribution in [1.82, 2.24) is 9.78 Å². The summed E-state index contributed by atoms with van der Waals surface area (Å²) in [6.45, 7) is 1.94. The van der Waals surface area contributed by atoms with E-state index in [-0.39, 0.29) is 0 Å². The number of fused-ring (bicyclic) bond motifs is 1. The molecule has 0 spiro atoms. The molecule has 1 aromatic heterocycles. The van der Waals surface area contributed by atoms with Crippen molar-refractivity contribution in [2.75, 3.05) is 0 Å². The normalized spacial score (nSPS) is 10.2. The van der Waals surface area contributed by atoms with Crippen molar-refractivity contribution in [2.45, 2.75) is 6.92 Å². The highest BCUT2D eigenvalue weighted by Crippen LogP contribution is 2.17. The molecule has 1 heterocycles. The van der Waals surface area contributed by atoms with E-state index < -0.39 is 0 Å². The molecule has 0 fully saturated rings. The number of aryl methyl sites for hydroxylation is 2. The monoisotopic (exact) mass is 171 g/mol. The summed E-state index contributed by atoms with van der Waals surface area (Å²) in [5, 5.41) is 14.0. The Balaban J connectivity index is 2.86. The van der Waals surface area contributed by atoms with Crippen LogP contribution in [0.25, 0.3) is 10.9 Å². The van der Waals surface area contributed by atoms with Crippen LogP contribution in [0.5, 0.6) is 0 Å². The molecule has 0 amide bonds.